The number of aromatic nitrogens is 2. The van der Waals surface area contributed by atoms with Gasteiger partial charge in [-0.2, -0.15) is 5.10 Å². The highest BCUT2D eigenvalue weighted by atomic mass is 35.5. The van der Waals surface area contributed by atoms with Crippen LogP contribution in [0.3, 0.4) is 0 Å². The van der Waals surface area contributed by atoms with Crippen LogP contribution in [0, 0.1) is 5.92 Å². The van der Waals surface area contributed by atoms with Gasteiger partial charge in [-0.1, -0.05) is 11.6 Å². The third kappa shape index (κ3) is 4.97. The normalized spacial score (nSPS) is 20.8. The van der Waals surface area contributed by atoms with Gasteiger partial charge < -0.3 is 9.47 Å². The molecule has 1 aromatic heterocycles. The summed E-state index contributed by atoms with van der Waals surface area (Å²) < 4.78 is 39.4. The van der Waals surface area contributed by atoms with Gasteiger partial charge in [0.05, 0.1) is 41.9 Å². The van der Waals surface area contributed by atoms with Crippen molar-refractivity contribution in [2.75, 3.05) is 25.6 Å². The first-order valence-corrected chi connectivity index (χ1v) is 10.5. The average Bonchev–Trinajstić information content (AvgIpc) is 3.07. The lowest BCUT2D eigenvalue weighted by molar-refractivity contribution is 0.0274. The Morgan fingerprint density at radius 1 is 1.38 bits per heavy atom. The van der Waals surface area contributed by atoms with Crippen molar-refractivity contribution >= 4 is 21.6 Å². The van der Waals surface area contributed by atoms with Crippen LogP contribution in [0.25, 0.3) is 5.69 Å². The molecular weight excluding hydrogens is 378 g/mol. The summed E-state index contributed by atoms with van der Waals surface area (Å²) >= 11 is 5.88. The number of ether oxygens (including phenoxy) is 2. The molecule has 2 aromatic rings. The molecule has 1 fully saturated rings. The molecule has 26 heavy (non-hydrogen) atoms. The molecule has 2 heterocycles. The lowest BCUT2D eigenvalue weighted by atomic mass is 9.97. The lowest BCUT2D eigenvalue weighted by Crippen LogP contribution is -2.48. The van der Waals surface area contributed by atoms with E-state index in [2.05, 4.69) is 9.82 Å². The van der Waals surface area contributed by atoms with Crippen molar-refractivity contribution in [1.82, 2.24) is 14.5 Å². The molecule has 0 bridgehead atoms. The molecule has 1 aromatic carbocycles. The molecule has 1 aliphatic rings. The summed E-state index contributed by atoms with van der Waals surface area (Å²) in [7, 11) is -3.28. The topological polar surface area (TPSA) is 82.5 Å². The molecule has 2 atom stereocenters. The van der Waals surface area contributed by atoms with E-state index in [1.165, 1.54) is 0 Å². The fourth-order valence-corrected chi connectivity index (χ4v) is 3.79. The van der Waals surface area contributed by atoms with Crippen LogP contribution in [0.5, 0.6) is 5.75 Å². The molecule has 1 N–H and O–H groups in total. The fourth-order valence-electron chi connectivity index (χ4n) is 2.77. The summed E-state index contributed by atoms with van der Waals surface area (Å²) in [5.41, 5.74) is 0.879. The Labute approximate surface area is 158 Å². The number of nitrogens with one attached hydrogen (secondary N) is 1. The molecule has 0 saturated carbocycles. The van der Waals surface area contributed by atoms with Crippen LogP contribution < -0.4 is 9.46 Å². The summed E-state index contributed by atoms with van der Waals surface area (Å²) in [5.74, 6) is 0.834. The molecule has 3 rings (SSSR count). The van der Waals surface area contributed by atoms with Crippen LogP contribution in [0.2, 0.25) is 5.02 Å². The van der Waals surface area contributed by atoms with Crippen molar-refractivity contribution in [3.63, 3.8) is 0 Å². The van der Waals surface area contributed by atoms with Gasteiger partial charge >= 0.3 is 0 Å². The quantitative estimate of drug-likeness (QED) is 0.772. The predicted molar refractivity (Wildman–Crippen MR) is 99.4 cm³/mol. The van der Waals surface area contributed by atoms with Gasteiger partial charge in [-0.25, -0.2) is 17.8 Å². The summed E-state index contributed by atoms with van der Waals surface area (Å²) in [4.78, 5) is 0. The molecule has 0 unspecified atom stereocenters. The van der Waals surface area contributed by atoms with E-state index in [1.54, 1.807) is 24.0 Å². The van der Waals surface area contributed by atoms with Crippen LogP contribution in [-0.2, 0) is 14.8 Å². The highest BCUT2D eigenvalue weighted by Gasteiger charge is 2.29. The molecule has 1 aliphatic heterocycles. The van der Waals surface area contributed by atoms with Gasteiger partial charge in [-0.3, -0.25) is 0 Å². The van der Waals surface area contributed by atoms with Gasteiger partial charge in [0, 0.05) is 18.7 Å². The summed E-state index contributed by atoms with van der Waals surface area (Å²) in [6.07, 6.45) is 4.05. The third-order valence-corrected chi connectivity index (χ3v) is 5.94. The lowest BCUT2D eigenvalue weighted by Gasteiger charge is -2.31. The summed E-state index contributed by atoms with van der Waals surface area (Å²) in [6.45, 7) is 3.02. The summed E-state index contributed by atoms with van der Waals surface area (Å²) in [6, 6.07) is 7.23. The number of hydrogen-bond donors (Lipinski definition) is 1. The monoisotopic (exact) mass is 399 g/mol. The zero-order valence-electron chi connectivity index (χ0n) is 14.5. The minimum Gasteiger partial charge on any atom is -0.493 e. The number of benzene rings is 1. The largest absolute Gasteiger partial charge is 0.493 e. The van der Waals surface area contributed by atoms with Gasteiger partial charge in [-0.05, 0) is 37.6 Å². The molecule has 0 spiro atoms. The number of halogens is 1. The maximum atomic E-state index is 11.8. The van der Waals surface area contributed by atoms with Crippen molar-refractivity contribution < 1.29 is 17.9 Å². The number of rotatable bonds is 7. The van der Waals surface area contributed by atoms with E-state index in [0.29, 0.717) is 24.8 Å². The maximum absolute atomic E-state index is 11.8. The third-order valence-electron chi connectivity index (χ3n) is 4.33. The Kier molecular flexibility index (Phi) is 6.18. The van der Waals surface area contributed by atoms with E-state index in [1.807, 2.05) is 24.3 Å². The maximum Gasteiger partial charge on any atom is 0.211 e. The molecule has 0 amide bonds. The second-order valence-electron chi connectivity index (χ2n) is 6.16. The Morgan fingerprint density at radius 3 is 2.81 bits per heavy atom. The average molecular weight is 400 g/mol. The standard InChI is InChI=1S/C17H22ClN3O4S/c1-2-26(22,23)20-17-12-24-8-7-13(17)11-25-16-5-3-15(4-6-16)21-10-14(18)9-19-21/h3-6,9-10,13,17,20H,2,7-8,11-12H2,1H3/t13-,17+/m1/s1. The van der Waals surface area contributed by atoms with Gasteiger partial charge in [0.25, 0.3) is 0 Å². The second-order valence-corrected chi connectivity index (χ2v) is 8.64. The molecule has 9 heteroatoms. The fraction of sp³-hybridized carbons (Fsp3) is 0.471. The summed E-state index contributed by atoms with van der Waals surface area (Å²) in [5, 5.41) is 4.73. The zero-order chi connectivity index (χ0) is 18.6. The van der Waals surface area contributed by atoms with Crippen molar-refractivity contribution in [3.05, 3.63) is 41.7 Å². The van der Waals surface area contributed by atoms with Gasteiger partial charge in [-0.15, -0.1) is 0 Å². The Bertz CT molecular complexity index is 823. The SMILES string of the molecule is CCS(=O)(=O)N[C@H]1COCC[C@@H]1COc1ccc(-n2cc(Cl)cn2)cc1. The van der Waals surface area contributed by atoms with E-state index in [-0.39, 0.29) is 17.7 Å². The minimum atomic E-state index is -3.28. The van der Waals surface area contributed by atoms with Crippen LogP contribution in [-0.4, -0.2) is 49.8 Å². The van der Waals surface area contributed by atoms with Crippen molar-refractivity contribution in [3.8, 4) is 11.4 Å². The first-order chi connectivity index (χ1) is 12.5. The van der Waals surface area contributed by atoms with Crippen molar-refractivity contribution in [1.29, 1.82) is 0 Å². The highest BCUT2D eigenvalue weighted by Crippen LogP contribution is 2.21. The van der Waals surface area contributed by atoms with Crippen molar-refractivity contribution in [2.24, 2.45) is 5.92 Å². The van der Waals surface area contributed by atoms with Gasteiger partial charge in [0.2, 0.25) is 10.0 Å². The number of hydrogen-bond acceptors (Lipinski definition) is 5. The first-order valence-electron chi connectivity index (χ1n) is 8.48. The van der Waals surface area contributed by atoms with Crippen molar-refractivity contribution in [2.45, 2.75) is 19.4 Å². The second kappa shape index (κ2) is 8.39. The minimum absolute atomic E-state index is 0.0516. The van der Waals surface area contributed by atoms with E-state index in [9.17, 15) is 8.42 Å². The van der Waals surface area contributed by atoms with Crippen LogP contribution in [0.15, 0.2) is 36.7 Å². The van der Waals surface area contributed by atoms with Crippen LogP contribution >= 0.6 is 11.6 Å². The molecule has 142 valence electrons. The molecule has 0 radical (unpaired) electrons. The number of nitrogens with zero attached hydrogens (tertiary/aromatic N) is 2. The zero-order valence-corrected chi connectivity index (χ0v) is 16.0. The Balaban J connectivity index is 1.60. The van der Waals surface area contributed by atoms with E-state index >= 15 is 0 Å². The molecule has 0 aliphatic carbocycles. The van der Waals surface area contributed by atoms with E-state index < -0.39 is 10.0 Å². The van der Waals surface area contributed by atoms with Crippen LogP contribution in [0.1, 0.15) is 13.3 Å². The first kappa shape index (κ1) is 19.2. The van der Waals surface area contributed by atoms with Gasteiger partial charge in [0.1, 0.15) is 5.75 Å². The smallest absolute Gasteiger partial charge is 0.211 e. The Morgan fingerprint density at radius 2 is 2.15 bits per heavy atom. The molecule has 1 saturated heterocycles. The predicted octanol–water partition coefficient (Wildman–Crippen LogP) is 2.25. The number of sulfonamides is 1. The van der Waals surface area contributed by atoms with E-state index in [4.69, 9.17) is 21.1 Å². The Hall–Kier alpha value is -1.61. The van der Waals surface area contributed by atoms with Crippen LogP contribution in [0.4, 0.5) is 0 Å². The van der Waals surface area contributed by atoms with Gasteiger partial charge in [0.15, 0.2) is 0 Å². The molecular formula is C17H22ClN3O4S. The highest BCUT2D eigenvalue weighted by molar-refractivity contribution is 7.89. The molecule has 7 nitrogen and oxygen atoms in total. The van der Waals surface area contributed by atoms with E-state index in [0.717, 1.165) is 17.9 Å².